The summed E-state index contributed by atoms with van der Waals surface area (Å²) in [7, 11) is 0. The Hall–Kier alpha value is -8.88. The second-order valence-electron chi connectivity index (χ2n) is 19.4. The topological polar surface area (TPSA) is 32.8 Å². The van der Waals surface area contributed by atoms with Crippen LogP contribution < -0.4 is 26.2 Å². The molecule has 0 bridgehead atoms. The van der Waals surface area contributed by atoms with Crippen molar-refractivity contribution in [2.75, 3.05) is 9.80 Å². The van der Waals surface area contributed by atoms with E-state index in [1.165, 1.54) is 79.0 Å². The first-order valence-electron chi connectivity index (χ1n) is 24.8. The fourth-order valence-electron chi connectivity index (χ4n) is 12.6. The van der Waals surface area contributed by atoms with Crippen LogP contribution in [-0.4, -0.2) is 6.71 Å². The molecule has 0 saturated carbocycles. The van der Waals surface area contributed by atoms with Crippen LogP contribution >= 0.6 is 22.7 Å². The molecule has 0 N–H and O–H groups in total. The Morgan fingerprint density at radius 3 is 1.22 bits per heavy atom. The lowest BCUT2D eigenvalue weighted by Gasteiger charge is -2.45. The molecule has 17 rings (SSSR count). The monoisotopic (exact) mass is 964 g/mol. The number of rotatable bonds is 4. The number of thiophene rings is 2. The summed E-state index contributed by atoms with van der Waals surface area (Å²) in [5, 5.41) is 9.44. The molecule has 73 heavy (non-hydrogen) atoms. The van der Waals surface area contributed by atoms with Crippen molar-refractivity contribution in [2.24, 2.45) is 0 Å². The molecular weight excluding hydrogens is 928 g/mol. The van der Waals surface area contributed by atoms with E-state index < -0.39 is 0 Å². The molecule has 11 aromatic carbocycles. The predicted molar refractivity (Wildman–Crippen MR) is 312 cm³/mol. The summed E-state index contributed by atoms with van der Waals surface area (Å²) in [6.07, 6.45) is 0. The maximum atomic E-state index is 6.84. The van der Waals surface area contributed by atoms with Crippen LogP contribution in [0.5, 0.6) is 0 Å². The van der Waals surface area contributed by atoms with E-state index in [4.69, 9.17) is 8.83 Å². The number of anilines is 6. The Kier molecular flexibility index (Phi) is 8.09. The predicted octanol–water partition coefficient (Wildman–Crippen LogP) is 17.6. The van der Waals surface area contributed by atoms with Gasteiger partial charge in [0.15, 0.2) is 0 Å². The minimum Gasteiger partial charge on any atom is -0.456 e. The minimum absolute atomic E-state index is 0.156. The molecule has 0 aliphatic carbocycles. The number of furan rings is 2. The maximum Gasteiger partial charge on any atom is 0.252 e. The van der Waals surface area contributed by atoms with Gasteiger partial charge in [0.25, 0.3) is 6.71 Å². The summed E-state index contributed by atoms with van der Waals surface area (Å²) in [5.41, 5.74) is 18.7. The first-order valence-corrected chi connectivity index (χ1v) is 26.5. The van der Waals surface area contributed by atoms with Crippen molar-refractivity contribution >= 4 is 164 Å². The van der Waals surface area contributed by atoms with Crippen molar-refractivity contribution < 1.29 is 8.83 Å². The molecule has 7 heteroatoms. The summed E-state index contributed by atoms with van der Waals surface area (Å²) in [5.74, 6) is 0. The second-order valence-corrected chi connectivity index (χ2v) is 21.6. The highest BCUT2D eigenvalue weighted by atomic mass is 32.1. The van der Waals surface area contributed by atoms with Gasteiger partial charge in [-0.25, -0.2) is 0 Å². The number of benzene rings is 11. The van der Waals surface area contributed by atoms with E-state index in [2.05, 4.69) is 234 Å². The van der Waals surface area contributed by atoms with Crippen LogP contribution in [0.4, 0.5) is 34.1 Å². The zero-order valence-corrected chi connectivity index (χ0v) is 40.6. The number of fused-ring (bicyclic) bond motifs is 18. The van der Waals surface area contributed by atoms with Crippen LogP contribution in [0.3, 0.4) is 0 Å². The Labute approximate surface area is 426 Å². The smallest absolute Gasteiger partial charge is 0.252 e. The van der Waals surface area contributed by atoms with Gasteiger partial charge in [-0.05, 0) is 100 Å². The molecule has 0 radical (unpaired) electrons. The number of hydrogen-bond donors (Lipinski definition) is 0. The average Bonchev–Trinajstić information content (AvgIpc) is 4.23. The van der Waals surface area contributed by atoms with Gasteiger partial charge in [-0.15, -0.1) is 22.7 Å². The summed E-state index contributed by atoms with van der Waals surface area (Å²) < 4.78 is 18.8. The van der Waals surface area contributed by atoms with Crippen molar-refractivity contribution in [3.8, 4) is 22.3 Å². The Balaban J connectivity index is 1.05. The highest BCUT2D eigenvalue weighted by Crippen LogP contribution is 2.54. The summed E-state index contributed by atoms with van der Waals surface area (Å²) in [6, 6.07) is 82.7. The van der Waals surface area contributed by atoms with E-state index >= 15 is 0 Å². The van der Waals surface area contributed by atoms with Gasteiger partial charge in [0, 0.05) is 73.6 Å². The van der Waals surface area contributed by atoms with Gasteiger partial charge >= 0.3 is 0 Å². The highest BCUT2D eigenvalue weighted by Gasteiger charge is 2.46. The third-order valence-electron chi connectivity index (χ3n) is 15.6. The van der Waals surface area contributed by atoms with Gasteiger partial charge < -0.3 is 18.6 Å². The van der Waals surface area contributed by atoms with Crippen molar-refractivity contribution in [3.05, 3.63) is 224 Å². The third kappa shape index (κ3) is 5.50. The van der Waals surface area contributed by atoms with Crippen molar-refractivity contribution in [2.45, 2.75) is 0 Å². The molecule has 15 aromatic rings. The van der Waals surface area contributed by atoms with E-state index in [1.807, 2.05) is 22.7 Å². The molecule has 0 atom stereocenters. The maximum absolute atomic E-state index is 6.84. The third-order valence-corrected chi connectivity index (χ3v) is 17.9. The molecule has 4 aromatic heterocycles. The molecule has 2 aliphatic heterocycles. The molecule has 4 nitrogen and oxygen atoms in total. The van der Waals surface area contributed by atoms with Crippen LogP contribution in [0.1, 0.15) is 0 Å². The molecule has 0 spiro atoms. The molecule has 0 amide bonds. The van der Waals surface area contributed by atoms with E-state index in [0.29, 0.717) is 0 Å². The Morgan fingerprint density at radius 1 is 0.315 bits per heavy atom. The molecule has 0 fully saturated rings. The lowest BCUT2D eigenvalue weighted by molar-refractivity contribution is 0.668. The standard InChI is InChI=1S/C66H37BN2O2S2/c1-3-16-38(17-4-1)44-36-60-46(40-20-9-13-28-58(40)72-60)34-52(44)68-50-24-15-25-51-64(50)67(48-30-32-56-62(65(48)68)42-22-7-11-26-54(42)70-56)49-31-33-57-63(43-23-8-12-27-55(43)71-57)66(49)69(51)53-35-47-41-21-10-14-29-59(41)73-61(47)37-45(53)39-18-5-2-6-19-39/h1-37H. The first kappa shape index (κ1) is 39.8. The fourth-order valence-corrected chi connectivity index (χ4v) is 14.9. The Morgan fingerprint density at radius 2 is 0.740 bits per heavy atom. The van der Waals surface area contributed by atoms with Crippen LogP contribution in [0.25, 0.3) is 106 Å². The van der Waals surface area contributed by atoms with Crippen LogP contribution in [0.15, 0.2) is 233 Å². The summed E-state index contributed by atoms with van der Waals surface area (Å²) in [4.78, 5) is 5.21. The van der Waals surface area contributed by atoms with Gasteiger partial charge in [0.05, 0.1) is 33.5 Å². The van der Waals surface area contributed by atoms with E-state index in [1.54, 1.807) is 0 Å². The second kappa shape index (κ2) is 14.8. The lowest BCUT2D eigenvalue weighted by atomic mass is 9.33. The zero-order chi connectivity index (χ0) is 47.5. The van der Waals surface area contributed by atoms with Crippen molar-refractivity contribution in [3.63, 3.8) is 0 Å². The largest absolute Gasteiger partial charge is 0.456 e. The highest BCUT2D eigenvalue weighted by molar-refractivity contribution is 7.26. The molecule has 2 aliphatic rings. The average molecular weight is 965 g/mol. The van der Waals surface area contributed by atoms with Gasteiger partial charge in [-0.1, -0.05) is 152 Å². The number of nitrogens with zero attached hydrogens (tertiary/aromatic N) is 2. The molecule has 6 heterocycles. The summed E-state index contributed by atoms with van der Waals surface area (Å²) >= 11 is 3.73. The number of hydrogen-bond acceptors (Lipinski definition) is 6. The van der Waals surface area contributed by atoms with Gasteiger partial charge in [0.2, 0.25) is 0 Å². The van der Waals surface area contributed by atoms with Gasteiger partial charge in [-0.3, -0.25) is 0 Å². The van der Waals surface area contributed by atoms with Crippen LogP contribution in [-0.2, 0) is 0 Å². The Bertz CT molecular complexity index is 4540. The fraction of sp³-hybridized carbons (Fsp3) is 0. The molecule has 0 unspecified atom stereocenters. The number of para-hydroxylation sites is 2. The molecular formula is C66H37BN2O2S2. The van der Waals surface area contributed by atoms with Gasteiger partial charge in [-0.2, -0.15) is 0 Å². The summed E-state index contributed by atoms with van der Waals surface area (Å²) in [6.45, 7) is -0.156. The zero-order valence-electron chi connectivity index (χ0n) is 39.0. The minimum atomic E-state index is -0.156. The normalized spacial score (nSPS) is 13.1. The van der Waals surface area contributed by atoms with E-state index in [-0.39, 0.29) is 6.71 Å². The first-order chi connectivity index (χ1) is 36.2. The van der Waals surface area contributed by atoms with Crippen molar-refractivity contribution in [1.82, 2.24) is 0 Å². The van der Waals surface area contributed by atoms with Crippen LogP contribution in [0, 0.1) is 0 Å². The van der Waals surface area contributed by atoms with Gasteiger partial charge in [0.1, 0.15) is 22.3 Å². The molecule has 338 valence electrons. The van der Waals surface area contributed by atoms with E-state index in [0.717, 1.165) is 78.0 Å². The van der Waals surface area contributed by atoms with E-state index in [9.17, 15) is 0 Å². The lowest BCUT2D eigenvalue weighted by Crippen LogP contribution is -2.61. The SMILES string of the molecule is c1ccc(-c2cc3sc4ccccc4c3cc2N2c3cccc4c3B(c3ccc5oc6ccccc6c5c32)c2ccc3oc5ccccc5c3c2N4c2cc3c(cc2-c2ccccc2)sc2ccccc23)cc1. The molecule has 0 saturated heterocycles. The van der Waals surface area contributed by atoms with Crippen LogP contribution in [0.2, 0.25) is 0 Å². The van der Waals surface area contributed by atoms with Crippen molar-refractivity contribution in [1.29, 1.82) is 0 Å². The quantitative estimate of drug-likeness (QED) is 0.165.